The topological polar surface area (TPSA) is 40.6 Å². The molecule has 16 heavy (non-hydrogen) atoms. The van der Waals surface area contributed by atoms with Crippen molar-refractivity contribution < 1.29 is 8.42 Å². The lowest BCUT2D eigenvalue weighted by Gasteiger charge is -2.21. The number of nitrogens with zero attached hydrogens (tertiary/aromatic N) is 2. The van der Waals surface area contributed by atoms with Gasteiger partial charge in [0.05, 0.1) is 5.75 Å². The Bertz CT molecular complexity index is 323. The van der Waals surface area contributed by atoms with Gasteiger partial charge in [0.1, 0.15) is 0 Å². The van der Waals surface area contributed by atoms with Gasteiger partial charge in [-0.3, -0.25) is 4.90 Å². The summed E-state index contributed by atoms with van der Waals surface area (Å²) in [5.74, 6) is 0.344. The van der Waals surface area contributed by atoms with Crippen molar-refractivity contribution in [1.82, 2.24) is 9.21 Å². The van der Waals surface area contributed by atoms with E-state index in [1.54, 1.807) is 4.31 Å². The van der Waals surface area contributed by atoms with Gasteiger partial charge in [-0.05, 0) is 32.4 Å². The monoisotopic (exact) mass is 246 g/mol. The zero-order valence-corrected chi connectivity index (χ0v) is 10.9. The van der Waals surface area contributed by atoms with E-state index in [0.29, 0.717) is 12.3 Å². The zero-order chi connectivity index (χ0) is 11.6. The third-order valence-corrected chi connectivity index (χ3v) is 5.55. The zero-order valence-electron chi connectivity index (χ0n) is 10.1. The van der Waals surface area contributed by atoms with Crippen molar-refractivity contribution in [2.75, 3.05) is 31.9 Å². The number of hydrogen-bond acceptors (Lipinski definition) is 3. The molecule has 0 amide bonds. The van der Waals surface area contributed by atoms with E-state index in [0.717, 1.165) is 32.5 Å². The van der Waals surface area contributed by atoms with E-state index in [-0.39, 0.29) is 6.04 Å². The lowest BCUT2D eigenvalue weighted by molar-refractivity contribution is 0.243. The normalized spacial score (nSPS) is 31.2. The fourth-order valence-corrected chi connectivity index (χ4v) is 4.46. The van der Waals surface area contributed by atoms with Crippen LogP contribution in [0.2, 0.25) is 0 Å². The first kappa shape index (κ1) is 12.3. The van der Waals surface area contributed by atoms with E-state index in [2.05, 4.69) is 11.8 Å². The van der Waals surface area contributed by atoms with E-state index in [1.165, 1.54) is 12.8 Å². The summed E-state index contributed by atoms with van der Waals surface area (Å²) < 4.78 is 25.6. The number of likely N-dealkylation sites (tertiary alicyclic amines) is 1. The summed E-state index contributed by atoms with van der Waals surface area (Å²) in [5, 5.41) is 0. The van der Waals surface area contributed by atoms with Crippen LogP contribution in [0, 0.1) is 0 Å². The molecule has 0 bridgehead atoms. The minimum absolute atomic E-state index is 0.254. The van der Waals surface area contributed by atoms with Gasteiger partial charge in [0.25, 0.3) is 0 Å². The largest absolute Gasteiger partial charge is 0.298 e. The van der Waals surface area contributed by atoms with Crippen LogP contribution in [0.15, 0.2) is 0 Å². The first-order chi connectivity index (χ1) is 7.63. The first-order valence-electron chi connectivity index (χ1n) is 6.35. The summed E-state index contributed by atoms with van der Waals surface area (Å²) in [6.07, 6.45) is 4.49. The Balaban J connectivity index is 1.96. The van der Waals surface area contributed by atoms with E-state index in [1.807, 2.05) is 0 Å². The molecule has 0 aliphatic carbocycles. The molecule has 1 atom stereocenters. The van der Waals surface area contributed by atoms with Crippen LogP contribution < -0.4 is 0 Å². The molecule has 0 saturated carbocycles. The second kappa shape index (κ2) is 5.02. The van der Waals surface area contributed by atoms with Gasteiger partial charge >= 0.3 is 0 Å². The van der Waals surface area contributed by atoms with Gasteiger partial charge in [-0.25, -0.2) is 12.7 Å². The molecule has 0 spiro atoms. The van der Waals surface area contributed by atoms with Gasteiger partial charge in [-0.15, -0.1) is 0 Å². The lowest BCUT2D eigenvalue weighted by Crippen LogP contribution is -2.36. The van der Waals surface area contributed by atoms with Crippen LogP contribution in [0.1, 0.15) is 32.6 Å². The van der Waals surface area contributed by atoms with Crippen LogP contribution in [0.3, 0.4) is 0 Å². The molecule has 0 aromatic heterocycles. The summed E-state index contributed by atoms with van der Waals surface area (Å²) in [6, 6.07) is 0.254. The minimum atomic E-state index is -2.95. The molecule has 2 aliphatic rings. The SMILES string of the molecule is CCCCN1CC(N2CCCC2)CS1(=O)=O. The quantitative estimate of drug-likeness (QED) is 0.740. The van der Waals surface area contributed by atoms with Crippen LogP contribution in [0.4, 0.5) is 0 Å². The number of unbranched alkanes of at least 4 members (excludes halogenated alkanes) is 1. The van der Waals surface area contributed by atoms with Crippen molar-refractivity contribution in [3.63, 3.8) is 0 Å². The van der Waals surface area contributed by atoms with Gasteiger partial charge in [0, 0.05) is 19.1 Å². The molecular formula is C11H22N2O2S. The molecule has 2 saturated heterocycles. The molecule has 2 rings (SSSR count). The lowest BCUT2D eigenvalue weighted by atomic mass is 10.3. The highest BCUT2D eigenvalue weighted by atomic mass is 32.2. The van der Waals surface area contributed by atoms with E-state index >= 15 is 0 Å². The maximum absolute atomic E-state index is 11.9. The fraction of sp³-hybridized carbons (Fsp3) is 1.00. The second-order valence-corrected chi connectivity index (χ2v) is 6.90. The van der Waals surface area contributed by atoms with Crippen LogP contribution in [0.5, 0.6) is 0 Å². The number of hydrogen-bond donors (Lipinski definition) is 0. The Hall–Kier alpha value is -0.130. The van der Waals surface area contributed by atoms with Crippen LogP contribution in [-0.2, 0) is 10.0 Å². The first-order valence-corrected chi connectivity index (χ1v) is 7.96. The summed E-state index contributed by atoms with van der Waals surface area (Å²) in [7, 11) is -2.95. The van der Waals surface area contributed by atoms with Crippen LogP contribution in [-0.4, -0.2) is 55.6 Å². The molecule has 1 unspecified atom stereocenters. The molecule has 0 N–H and O–H groups in total. The Labute approximate surface area is 98.7 Å². The summed E-state index contributed by atoms with van der Waals surface area (Å²) >= 11 is 0. The molecule has 94 valence electrons. The summed E-state index contributed by atoms with van der Waals surface area (Å²) in [6.45, 7) is 5.70. The number of rotatable bonds is 4. The molecule has 2 heterocycles. The summed E-state index contributed by atoms with van der Waals surface area (Å²) in [5.41, 5.74) is 0. The van der Waals surface area contributed by atoms with Crippen molar-refractivity contribution in [1.29, 1.82) is 0 Å². The van der Waals surface area contributed by atoms with E-state index < -0.39 is 10.0 Å². The third-order valence-electron chi connectivity index (χ3n) is 3.63. The molecule has 0 radical (unpaired) electrons. The third kappa shape index (κ3) is 2.57. The van der Waals surface area contributed by atoms with Gasteiger partial charge in [0.15, 0.2) is 0 Å². The average molecular weight is 246 g/mol. The molecule has 5 heteroatoms. The Morgan fingerprint density at radius 1 is 1.25 bits per heavy atom. The van der Waals surface area contributed by atoms with Crippen molar-refractivity contribution in [2.24, 2.45) is 0 Å². The van der Waals surface area contributed by atoms with Crippen molar-refractivity contribution >= 4 is 10.0 Å². The van der Waals surface area contributed by atoms with Crippen molar-refractivity contribution in [3.8, 4) is 0 Å². The molecular weight excluding hydrogens is 224 g/mol. The van der Waals surface area contributed by atoms with Crippen molar-refractivity contribution in [2.45, 2.75) is 38.6 Å². The highest BCUT2D eigenvalue weighted by Crippen LogP contribution is 2.22. The van der Waals surface area contributed by atoms with Gasteiger partial charge in [-0.1, -0.05) is 13.3 Å². The average Bonchev–Trinajstić information content (AvgIpc) is 2.82. The smallest absolute Gasteiger partial charge is 0.215 e. The summed E-state index contributed by atoms with van der Waals surface area (Å²) in [4.78, 5) is 2.35. The molecule has 2 aliphatic heterocycles. The van der Waals surface area contributed by atoms with Gasteiger partial charge in [0.2, 0.25) is 10.0 Å². The highest BCUT2D eigenvalue weighted by molar-refractivity contribution is 7.89. The molecule has 2 fully saturated rings. The maximum Gasteiger partial charge on any atom is 0.215 e. The molecule has 4 nitrogen and oxygen atoms in total. The predicted molar refractivity (Wildman–Crippen MR) is 64.9 cm³/mol. The van der Waals surface area contributed by atoms with Crippen LogP contribution in [0.25, 0.3) is 0 Å². The minimum Gasteiger partial charge on any atom is -0.298 e. The van der Waals surface area contributed by atoms with Gasteiger partial charge in [-0.2, -0.15) is 0 Å². The highest BCUT2D eigenvalue weighted by Gasteiger charge is 2.38. The maximum atomic E-state index is 11.9. The predicted octanol–water partition coefficient (Wildman–Crippen LogP) is 0.896. The van der Waals surface area contributed by atoms with Crippen molar-refractivity contribution in [3.05, 3.63) is 0 Å². The van der Waals surface area contributed by atoms with Crippen LogP contribution >= 0.6 is 0 Å². The number of sulfonamides is 1. The fourth-order valence-electron chi connectivity index (χ4n) is 2.64. The molecule has 0 aromatic rings. The van der Waals surface area contributed by atoms with E-state index in [4.69, 9.17) is 0 Å². The second-order valence-electron chi connectivity index (χ2n) is 4.89. The Morgan fingerprint density at radius 3 is 2.56 bits per heavy atom. The van der Waals surface area contributed by atoms with Gasteiger partial charge < -0.3 is 0 Å². The standard InChI is InChI=1S/C11H22N2O2S/c1-2-3-8-13-9-11(10-16(13,14)15)12-6-4-5-7-12/h11H,2-10H2,1H3. The van der Waals surface area contributed by atoms with E-state index in [9.17, 15) is 8.42 Å². The Kier molecular flexibility index (Phi) is 3.87. The Morgan fingerprint density at radius 2 is 1.94 bits per heavy atom. The molecule has 0 aromatic carbocycles.